The summed E-state index contributed by atoms with van der Waals surface area (Å²) >= 11 is 0. The van der Waals surface area contributed by atoms with E-state index in [-0.39, 0.29) is 37.7 Å². The van der Waals surface area contributed by atoms with Gasteiger partial charge in [0.15, 0.2) is 0 Å². The molecule has 0 aromatic heterocycles. The van der Waals surface area contributed by atoms with E-state index in [2.05, 4.69) is 6.92 Å². The van der Waals surface area contributed by atoms with E-state index in [0.29, 0.717) is 0 Å². The molecule has 0 bridgehead atoms. The molecule has 0 saturated heterocycles. The van der Waals surface area contributed by atoms with Gasteiger partial charge in [-0.2, -0.15) is 0 Å². The molecular formula is C18H38FNa. The van der Waals surface area contributed by atoms with Gasteiger partial charge in [-0.1, -0.05) is 103 Å². The first-order chi connectivity index (χ1) is 9.41. The molecule has 0 heterocycles. The van der Waals surface area contributed by atoms with Crippen molar-refractivity contribution in [2.75, 3.05) is 6.67 Å². The van der Waals surface area contributed by atoms with Crippen LogP contribution in [0.2, 0.25) is 0 Å². The quantitative estimate of drug-likeness (QED) is 0.294. The second-order valence-corrected chi connectivity index (χ2v) is 5.99. The van der Waals surface area contributed by atoms with Crippen molar-refractivity contribution >= 4 is 0 Å². The van der Waals surface area contributed by atoms with Gasteiger partial charge in [-0.25, -0.2) is 0 Å². The molecule has 0 N–H and O–H groups in total. The number of halogens is 1. The van der Waals surface area contributed by atoms with Crippen molar-refractivity contribution in [1.82, 2.24) is 0 Å². The van der Waals surface area contributed by atoms with E-state index in [1.165, 1.54) is 89.9 Å². The number of rotatable bonds is 16. The molecule has 0 aromatic rings. The number of alkyl halides is 1. The SMILES string of the molecule is CCCCCCCCCCCCCCCCCCF.[H-].[Na+]. The third-order valence-electron chi connectivity index (χ3n) is 3.99. The zero-order chi connectivity index (χ0) is 14.0. The Kier molecular flexibility index (Phi) is 25.8. The molecule has 0 radical (unpaired) electrons. The monoisotopic (exact) mass is 296 g/mol. The Labute approximate surface area is 151 Å². The zero-order valence-electron chi connectivity index (χ0n) is 15.4. The van der Waals surface area contributed by atoms with E-state index in [1.54, 1.807) is 0 Å². The average Bonchev–Trinajstić information content (AvgIpc) is 2.43. The third-order valence-corrected chi connectivity index (χ3v) is 3.99. The molecule has 0 aromatic carbocycles. The average molecular weight is 296 g/mol. The second kappa shape index (κ2) is 22.2. The molecule has 0 spiro atoms. The predicted molar refractivity (Wildman–Crippen MR) is 86.6 cm³/mol. The van der Waals surface area contributed by atoms with Crippen molar-refractivity contribution in [2.24, 2.45) is 0 Å². The van der Waals surface area contributed by atoms with Crippen LogP contribution >= 0.6 is 0 Å². The van der Waals surface area contributed by atoms with Crippen LogP contribution in [0, 0.1) is 0 Å². The third kappa shape index (κ3) is 21.2. The topological polar surface area (TPSA) is 0 Å². The molecule has 0 saturated carbocycles. The van der Waals surface area contributed by atoms with Crippen LogP contribution in [0.15, 0.2) is 0 Å². The van der Waals surface area contributed by atoms with Gasteiger partial charge in [0.1, 0.15) is 0 Å². The van der Waals surface area contributed by atoms with Gasteiger partial charge in [0.2, 0.25) is 0 Å². The Balaban J connectivity index is -0.00000162. The first kappa shape index (κ1) is 23.2. The molecular weight excluding hydrogens is 258 g/mol. The van der Waals surface area contributed by atoms with Crippen LogP contribution in [0.4, 0.5) is 4.39 Å². The zero-order valence-corrected chi connectivity index (χ0v) is 16.4. The van der Waals surface area contributed by atoms with E-state index in [4.69, 9.17) is 0 Å². The van der Waals surface area contributed by atoms with Crippen molar-refractivity contribution < 1.29 is 35.4 Å². The summed E-state index contributed by atoms with van der Waals surface area (Å²) in [5, 5.41) is 0. The maximum absolute atomic E-state index is 11.9. The Morgan fingerprint density at radius 1 is 0.500 bits per heavy atom. The van der Waals surface area contributed by atoms with Crippen molar-refractivity contribution in [3.63, 3.8) is 0 Å². The molecule has 2 heteroatoms. The largest absolute Gasteiger partial charge is 1.00 e. The van der Waals surface area contributed by atoms with Gasteiger partial charge >= 0.3 is 29.6 Å². The summed E-state index contributed by atoms with van der Waals surface area (Å²) in [6.45, 7) is 2.15. The Hall–Kier alpha value is 0.930. The van der Waals surface area contributed by atoms with Gasteiger partial charge in [0.25, 0.3) is 0 Å². The van der Waals surface area contributed by atoms with Crippen LogP contribution in [0.25, 0.3) is 0 Å². The van der Waals surface area contributed by atoms with Crippen LogP contribution in [0.1, 0.15) is 111 Å². The van der Waals surface area contributed by atoms with E-state index < -0.39 is 0 Å². The molecule has 0 fully saturated rings. The summed E-state index contributed by atoms with van der Waals surface area (Å²) in [6, 6.07) is 0. The summed E-state index contributed by atoms with van der Waals surface area (Å²) in [6.07, 6.45) is 21.5. The fourth-order valence-corrected chi connectivity index (χ4v) is 2.64. The van der Waals surface area contributed by atoms with Crippen molar-refractivity contribution in [2.45, 2.75) is 110 Å². The van der Waals surface area contributed by atoms with Gasteiger partial charge < -0.3 is 1.43 Å². The predicted octanol–water partition coefficient (Wildman–Crippen LogP) is 4.33. The molecule has 0 aliphatic rings. The normalized spacial score (nSPS) is 10.5. The molecule has 118 valence electrons. The standard InChI is InChI=1S/C18H37F.Na.H/c1-2-3-4-5-6-7-8-9-10-11-12-13-14-15-16-17-18-19;;/h2-18H2,1H3;;/q;+1;-1. The van der Waals surface area contributed by atoms with Gasteiger partial charge in [0.05, 0.1) is 6.67 Å². The van der Waals surface area contributed by atoms with Crippen LogP contribution in [-0.4, -0.2) is 6.67 Å². The summed E-state index contributed by atoms with van der Waals surface area (Å²) < 4.78 is 11.9. The van der Waals surface area contributed by atoms with Crippen LogP contribution in [0.3, 0.4) is 0 Å². The first-order valence-electron chi connectivity index (χ1n) is 8.97. The fourth-order valence-electron chi connectivity index (χ4n) is 2.64. The summed E-state index contributed by atoms with van der Waals surface area (Å²) in [4.78, 5) is 0. The minimum Gasteiger partial charge on any atom is -1.00 e. The molecule has 0 rings (SSSR count). The molecule has 0 aliphatic carbocycles. The minimum atomic E-state index is -0.127. The minimum absolute atomic E-state index is 0. The van der Waals surface area contributed by atoms with Crippen LogP contribution in [-0.2, 0) is 0 Å². The molecule has 20 heavy (non-hydrogen) atoms. The van der Waals surface area contributed by atoms with E-state index in [9.17, 15) is 4.39 Å². The first-order valence-corrected chi connectivity index (χ1v) is 8.97. The Morgan fingerprint density at radius 2 is 0.750 bits per heavy atom. The fraction of sp³-hybridized carbons (Fsp3) is 1.00. The van der Waals surface area contributed by atoms with Crippen LogP contribution in [0.5, 0.6) is 0 Å². The van der Waals surface area contributed by atoms with Gasteiger partial charge in [-0.3, -0.25) is 4.39 Å². The summed E-state index contributed by atoms with van der Waals surface area (Å²) in [7, 11) is 0. The van der Waals surface area contributed by atoms with Gasteiger partial charge in [-0.15, -0.1) is 0 Å². The summed E-state index contributed by atoms with van der Waals surface area (Å²) in [5.74, 6) is 0. The van der Waals surface area contributed by atoms with E-state index >= 15 is 0 Å². The molecule has 0 nitrogen and oxygen atoms in total. The Morgan fingerprint density at radius 3 is 1.00 bits per heavy atom. The Bertz CT molecular complexity index is 140. The second-order valence-electron chi connectivity index (χ2n) is 5.99. The number of hydrogen-bond acceptors (Lipinski definition) is 0. The maximum atomic E-state index is 11.9. The van der Waals surface area contributed by atoms with Gasteiger partial charge in [0, 0.05) is 0 Å². The van der Waals surface area contributed by atoms with Gasteiger partial charge in [-0.05, 0) is 6.42 Å². The smallest absolute Gasteiger partial charge is 1.00 e. The van der Waals surface area contributed by atoms with E-state index in [1.807, 2.05) is 0 Å². The molecule has 0 atom stereocenters. The van der Waals surface area contributed by atoms with E-state index in [0.717, 1.165) is 12.8 Å². The summed E-state index contributed by atoms with van der Waals surface area (Å²) in [5.41, 5.74) is 0. The van der Waals surface area contributed by atoms with Crippen LogP contribution < -0.4 is 29.6 Å². The molecule has 0 amide bonds. The molecule has 0 unspecified atom stereocenters. The number of unbranched alkanes of at least 4 members (excludes halogenated alkanes) is 15. The number of hydrogen-bond donors (Lipinski definition) is 0. The maximum Gasteiger partial charge on any atom is 1.00 e. The molecule has 0 aliphatic heterocycles. The van der Waals surface area contributed by atoms with Crippen molar-refractivity contribution in [3.05, 3.63) is 0 Å². The van der Waals surface area contributed by atoms with Crippen molar-refractivity contribution in [3.8, 4) is 0 Å². The van der Waals surface area contributed by atoms with Crippen molar-refractivity contribution in [1.29, 1.82) is 0 Å².